The van der Waals surface area contributed by atoms with Crippen LogP contribution in [0.2, 0.25) is 5.02 Å². The van der Waals surface area contributed by atoms with E-state index in [4.69, 9.17) is 11.6 Å². The minimum Gasteiger partial charge on any atom is -0.297 e. The summed E-state index contributed by atoms with van der Waals surface area (Å²) >= 11 is 5.88. The second kappa shape index (κ2) is 4.52. The molecule has 0 fully saturated rings. The number of hydrogen-bond acceptors (Lipinski definition) is 2. The number of halogens is 1. The summed E-state index contributed by atoms with van der Waals surface area (Å²) in [5, 5.41) is 0.663. The van der Waals surface area contributed by atoms with E-state index in [2.05, 4.69) is 4.98 Å². The molecule has 0 aliphatic carbocycles. The Kier molecular flexibility index (Phi) is 2.84. The van der Waals surface area contributed by atoms with Crippen LogP contribution in [0.15, 0.2) is 42.6 Å². The average molecular weight is 271 g/mol. The fourth-order valence-electron chi connectivity index (χ4n) is 2.16. The lowest BCUT2D eigenvalue weighted by molar-refractivity contribution is 0.111. The first-order chi connectivity index (χ1) is 9.20. The molecule has 2 heterocycles. The van der Waals surface area contributed by atoms with E-state index in [0.717, 1.165) is 23.1 Å². The zero-order chi connectivity index (χ0) is 13.4. The molecule has 0 radical (unpaired) electrons. The van der Waals surface area contributed by atoms with Gasteiger partial charge in [-0.3, -0.25) is 9.20 Å². The highest BCUT2D eigenvalue weighted by molar-refractivity contribution is 6.30. The van der Waals surface area contributed by atoms with Crippen molar-refractivity contribution in [2.45, 2.75) is 6.92 Å². The van der Waals surface area contributed by atoms with E-state index in [9.17, 15) is 4.79 Å². The van der Waals surface area contributed by atoms with Gasteiger partial charge in [0.1, 0.15) is 17.0 Å². The molecule has 0 unspecified atom stereocenters. The Morgan fingerprint density at radius 1 is 1.21 bits per heavy atom. The first-order valence-electron chi connectivity index (χ1n) is 5.89. The van der Waals surface area contributed by atoms with Gasteiger partial charge < -0.3 is 0 Å². The molecule has 3 rings (SSSR count). The van der Waals surface area contributed by atoms with Crippen molar-refractivity contribution in [2.75, 3.05) is 0 Å². The largest absolute Gasteiger partial charge is 0.297 e. The van der Waals surface area contributed by atoms with E-state index in [-0.39, 0.29) is 0 Å². The number of nitrogens with zero attached hydrogens (tertiary/aromatic N) is 2. The maximum absolute atomic E-state index is 11.4. The summed E-state index contributed by atoms with van der Waals surface area (Å²) in [6, 6.07) is 11.2. The van der Waals surface area contributed by atoms with Crippen LogP contribution in [0.3, 0.4) is 0 Å². The number of carbonyl (C=O) groups is 1. The maximum atomic E-state index is 11.4. The molecule has 0 spiro atoms. The number of imidazole rings is 1. The Morgan fingerprint density at radius 2 is 1.95 bits per heavy atom. The zero-order valence-electron chi connectivity index (χ0n) is 10.3. The van der Waals surface area contributed by atoms with Crippen LogP contribution < -0.4 is 0 Å². The van der Waals surface area contributed by atoms with E-state index in [1.54, 1.807) is 12.1 Å². The van der Waals surface area contributed by atoms with Gasteiger partial charge in [-0.1, -0.05) is 29.8 Å². The van der Waals surface area contributed by atoms with Crippen LogP contribution >= 0.6 is 11.6 Å². The molecule has 2 aromatic heterocycles. The predicted molar refractivity (Wildman–Crippen MR) is 75.8 cm³/mol. The SMILES string of the molecule is Cc1cccn2c(C=O)c(-c3ccc(Cl)cc3)nc12. The van der Waals surface area contributed by atoms with E-state index >= 15 is 0 Å². The van der Waals surface area contributed by atoms with Gasteiger partial charge in [0.05, 0.1) is 0 Å². The summed E-state index contributed by atoms with van der Waals surface area (Å²) in [5.41, 5.74) is 3.96. The van der Waals surface area contributed by atoms with Gasteiger partial charge in [-0.2, -0.15) is 0 Å². The fourth-order valence-corrected chi connectivity index (χ4v) is 2.28. The first kappa shape index (κ1) is 11.9. The summed E-state index contributed by atoms with van der Waals surface area (Å²) in [6.07, 6.45) is 2.68. The van der Waals surface area contributed by atoms with Crippen LogP contribution in [-0.2, 0) is 0 Å². The van der Waals surface area contributed by atoms with Gasteiger partial charge in [0.2, 0.25) is 0 Å². The van der Waals surface area contributed by atoms with E-state index < -0.39 is 0 Å². The quantitative estimate of drug-likeness (QED) is 0.664. The molecular formula is C15H11ClN2O. The second-order valence-electron chi connectivity index (χ2n) is 4.36. The third kappa shape index (κ3) is 1.92. The van der Waals surface area contributed by atoms with E-state index in [1.807, 2.05) is 41.8 Å². The Balaban J connectivity index is 2.32. The monoisotopic (exact) mass is 270 g/mol. The number of fused-ring (bicyclic) bond motifs is 1. The number of aryl methyl sites for hydroxylation is 1. The molecule has 19 heavy (non-hydrogen) atoms. The van der Waals surface area contributed by atoms with Gasteiger partial charge in [-0.05, 0) is 30.7 Å². The van der Waals surface area contributed by atoms with Crippen molar-refractivity contribution in [3.8, 4) is 11.3 Å². The van der Waals surface area contributed by atoms with Crippen LogP contribution in [0.1, 0.15) is 16.1 Å². The lowest BCUT2D eigenvalue weighted by atomic mass is 10.1. The van der Waals surface area contributed by atoms with E-state index in [0.29, 0.717) is 16.4 Å². The minimum absolute atomic E-state index is 0.557. The second-order valence-corrected chi connectivity index (χ2v) is 4.79. The molecule has 94 valence electrons. The lowest BCUT2D eigenvalue weighted by Crippen LogP contribution is -1.92. The molecule has 1 aromatic carbocycles. The molecule has 4 heteroatoms. The molecule has 0 amide bonds. The molecule has 3 nitrogen and oxygen atoms in total. The third-order valence-electron chi connectivity index (χ3n) is 3.11. The van der Waals surface area contributed by atoms with Crippen molar-refractivity contribution >= 4 is 23.5 Å². The van der Waals surface area contributed by atoms with E-state index in [1.165, 1.54) is 0 Å². The van der Waals surface area contributed by atoms with Crippen LogP contribution in [0.25, 0.3) is 16.9 Å². The van der Waals surface area contributed by atoms with Crippen molar-refractivity contribution < 1.29 is 4.79 Å². The fraction of sp³-hybridized carbons (Fsp3) is 0.0667. The number of carbonyl (C=O) groups excluding carboxylic acids is 1. The zero-order valence-corrected chi connectivity index (χ0v) is 11.1. The normalized spacial score (nSPS) is 10.8. The number of aldehydes is 1. The predicted octanol–water partition coefficient (Wildman–Crippen LogP) is 3.78. The van der Waals surface area contributed by atoms with Gasteiger partial charge in [-0.15, -0.1) is 0 Å². The summed E-state index contributed by atoms with van der Waals surface area (Å²) in [7, 11) is 0. The smallest absolute Gasteiger partial charge is 0.169 e. The van der Waals surface area contributed by atoms with Crippen LogP contribution in [0.5, 0.6) is 0 Å². The minimum atomic E-state index is 0.557. The van der Waals surface area contributed by atoms with Crippen LogP contribution in [0, 0.1) is 6.92 Å². The van der Waals surface area contributed by atoms with Gasteiger partial charge in [-0.25, -0.2) is 4.98 Å². The highest BCUT2D eigenvalue weighted by atomic mass is 35.5. The highest BCUT2D eigenvalue weighted by Crippen LogP contribution is 2.25. The Labute approximate surface area is 115 Å². The maximum Gasteiger partial charge on any atom is 0.169 e. The number of aromatic nitrogens is 2. The first-order valence-corrected chi connectivity index (χ1v) is 6.27. The number of benzene rings is 1. The third-order valence-corrected chi connectivity index (χ3v) is 3.36. The summed E-state index contributed by atoms with van der Waals surface area (Å²) in [5.74, 6) is 0. The molecule has 0 aliphatic heterocycles. The Bertz CT molecular complexity index is 760. The molecule has 3 aromatic rings. The Morgan fingerprint density at radius 3 is 2.63 bits per heavy atom. The Hall–Kier alpha value is -2.13. The average Bonchev–Trinajstić information content (AvgIpc) is 2.79. The molecular weight excluding hydrogens is 260 g/mol. The molecule has 0 aliphatic rings. The van der Waals surface area contributed by atoms with Crippen molar-refractivity contribution in [1.82, 2.24) is 9.38 Å². The van der Waals surface area contributed by atoms with Crippen molar-refractivity contribution in [2.24, 2.45) is 0 Å². The van der Waals surface area contributed by atoms with Crippen LogP contribution in [0.4, 0.5) is 0 Å². The number of hydrogen-bond donors (Lipinski definition) is 0. The molecule has 0 atom stereocenters. The molecule has 0 saturated heterocycles. The van der Waals surface area contributed by atoms with Crippen molar-refractivity contribution in [1.29, 1.82) is 0 Å². The van der Waals surface area contributed by atoms with Gasteiger partial charge in [0.25, 0.3) is 0 Å². The molecule has 0 saturated carbocycles. The molecule has 0 bridgehead atoms. The topological polar surface area (TPSA) is 34.4 Å². The summed E-state index contributed by atoms with van der Waals surface area (Å²) in [6.45, 7) is 1.97. The molecule has 0 N–H and O–H groups in total. The standard InChI is InChI=1S/C15H11ClN2O/c1-10-3-2-8-18-13(9-19)14(17-15(10)18)11-4-6-12(16)7-5-11/h2-9H,1H3. The summed E-state index contributed by atoms with van der Waals surface area (Å²) < 4.78 is 1.81. The van der Waals surface area contributed by atoms with Gasteiger partial charge >= 0.3 is 0 Å². The van der Waals surface area contributed by atoms with Crippen molar-refractivity contribution in [3.05, 3.63) is 58.9 Å². The van der Waals surface area contributed by atoms with Crippen molar-refractivity contribution in [3.63, 3.8) is 0 Å². The number of rotatable bonds is 2. The lowest BCUT2D eigenvalue weighted by Gasteiger charge is -1.99. The summed E-state index contributed by atoms with van der Waals surface area (Å²) in [4.78, 5) is 15.9. The van der Waals surface area contributed by atoms with Gasteiger partial charge in [0, 0.05) is 16.8 Å². The number of pyridine rings is 1. The van der Waals surface area contributed by atoms with Crippen LogP contribution in [-0.4, -0.2) is 15.7 Å². The van der Waals surface area contributed by atoms with Gasteiger partial charge in [0.15, 0.2) is 6.29 Å². The highest BCUT2D eigenvalue weighted by Gasteiger charge is 2.14.